The van der Waals surface area contributed by atoms with Gasteiger partial charge in [-0.3, -0.25) is 14.4 Å². The predicted molar refractivity (Wildman–Crippen MR) is 113 cm³/mol. The Morgan fingerprint density at radius 1 is 1.28 bits per heavy atom. The maximum absolute atomic E-state index is 13.2. The number of piperidine rings is 1. The van der Waals surface area contributed by atoms with Gasteiger partial charge in [-0.1, -0.05) is 6.07 Å². The van der Waals surface area contributed by atoms with Gasteiger partial charge < -0.3 is 21.3 Å². The highest BCUT2D eigenvalue weighted by atomic mass is 32.1. The fraction of sp³-hybridized carbons (Fsp3) is 0.381. The molecule has 2 atom stereocenters. The molecule has 0 saturated carbocycles. The lowest BCUT2D eigenvalue weighted by molar-refractivity contribution is -0.125. The molecular formula is C21H24N4O3S. The molecule has 2 aliphatic rings. The van der Waals surface area contributed by atoms with E-state index in [1.54, 1.807) is 22.3 Å². The molecule has 2 aliphatic heterocycles. The van der Waals surface area contributed by atoms with Gasteiger partial charge in [-0.15, -0.1) is 0 Å². The van der Waals surface area contributed by atoms with Crippen molar-refractivity contribution in [3.63, 3.8) is 0 Å². The van der Waals surface area contributed by atoms with Crippen molar-refractivity contribution in [2.45, 2.75) is 37.8 Å². The molecule has 8 heteroatoms. The molecule has 1 saturated heterocycles. The van der Waals surface area contributed by atoms with Gasteiger partial charge >= 0.3 is 0 Å². The van der Waals surface area contributed by atoms with Crippen molar-refractivity contribution in [1.82, 2.24) is 10.2 Å². The minimum Gasteiger partial charge on any atom is -0.353 e. The molecule has 1 aromatic carbocycles. The van der Waals surface area contributed by atoms with Crippen LogP contribution < -0.4 is 16.4 Å². The second-order valence-corrected chi connectivity index (χ2v) is 8.24. The standard InChI is InChI=1S/C21H24N4O3S/c22-7-1-2-19(26)23-15-5-8-25-18(11-15)20(27)24-17-4-3-13(10-16(17)21(25)28)14-6-9-29-12-14/h3-4,6,9-10,12,15,18H,1-2,5,7-8,11,22H2,(H,23,26)(H,24,27). The highest BCUT2D eigenvalue weighted by Gasteiger charge is 2.40. The van der Waals surface area contributed by atoms with Crippen molar-refractivity contribution in [3.8, 4) is 11.1 Å². The van der Waals surface area contributed by atoms with Gasteiger partial charge in [0.2, 0.25) is 11.8 Å². The Hall–Kier alpha value is -2.71. The molecule has 4 rings (SSSR count). The number of carbonyl (C=O) groups is 3. The third-order valence-corrected chi connectivity index (χ3v) is 6.18. The average Bonchev–Trinajstić information content (AvgIpc) is 3.24. The summed E-state index contributed by atoms with van der Waals surface area (Å²) >= 11 is 1.60. The number of amides is 3. The van der Waals surface area contributed by atoms with Gasteiger partial charge in [0.05, 0.1) is 11.3 Å². The van der Waals surface area contributed by atoms with E-state index in [0.717, 1.165) is 11.1 Å². The van der Waals surface area contributed by atoms with Crippen LogP contribution in [0, 0.1) is 0 Å². The summed E-state index contributed by atoms with van der Waals surface area (Å²) in [5.74, 6) is -0.410. The van der Waals surface area contributed by atoms with Crippen molar-refractivity contribution in [3.05, 3.63) is 40.6 Å². The van der Waals surface area contributed by atoms with Gasteiger partial charge in [0.25, 0.3) is 5.91 Å². The largest absolute Gasteiger partial charge is 0.353 e. The van der Waals surface area contributed by atoms with Gasteiger partial charge in [-0.05, 0) is 65.9 Å². The Morgan fingerprint density at radius 3 is 2.90 bits per heavy atom. The van der Waals surface area contributed by atoms with Gasteiger partial charge in [0, 0.05) is 19.0 Å². The Kier molecular flexibility index (Phi) is 5.64. The highest BCUT2D eigenvalue weighted by molar-refractivity contribution is 7.08. The molecule has 3 heterocycles. The van der Waals surface area contributed by atoms with Crippen molar-refractivity contribution >= 4 is 34.7 Å². The topological polar surface area (TPSA) is 105 Å². The summed E-state index contributed by atoms with van der Waals surface area (Å²) in [4.78, 5) is 39.8. The van der Waals surface area contributed by atoms with Gasteiger partial charge in [0.15, 0.2) is 0 Å². The zero-order valence-electron chi connectivity index (χ0n) is 16.0. The SMILES string of the molecule is NCCCC(=O)NC1CCN2C(=O)c3cc(-c4ccsc4)ccc3NC(=O)C2C1. The highest BCUT2D eigenvalue weighted by Crippen LogP contribution is 2.32. The molecule has 0 radical (unpaired) electrons. The molecule has 1 aromatic heterocycles. The Labute approximate surface area is 173 Å². The third-order valence-electron chi connectivity index (χ3n) is 5.50. The van der Waals surface area contributed by atoms with Gasteiger partial charge in [-0.25, -0.2) is 0 Å². The molecular weight excluding hydrogens is 388 g/mol. The fourth-order valence-electron chi connectivity index (χ4n) is 3.96. The Morgan fingerprint density at radius 2 is 2.14 bits per heavy atom. The predicted octanol–water partition coefficient (Wildman–Crippen LogP) is 2.20. The van der Waals surface area contributed by atoms with Crippen LogP contribution in [0.3, 0.4) is 0 Å². The Balaban J connectivity index is 1.54. The van der Waals surface area contributed by atoms with Crippen molar-refractivity contribution in [1.29, 1.82) is 0 Å². The summed E-state index contributed by atoms with van der Waals surface area (Å²) in [6.07, 6.45) is 2.05. The number of fused-ring (bicyclic) bond motifs is 2. The molecule has 7 nitrogen and oxygen atoms in total. The quantitative estimate of drug-likeness (QED) is 0.700. The van der Waals surface area contributed by atoms with Crippen LogP contribution in [0.4, 0.5) is 5.69 Å². The molecule has 0 aliphatic carbocycles. The number of benzene rings is 1. The van der Waals surface area contributed by atoms with Crippen molar-refractivity contribution in [2.75, 3.05) is 18.4 Å². The van der Waals surface area contributed by atoms with Crippen molar-refractivity contribution in [2.24, 2.45) is 5.73 Å². The number of thiophene rings is 1. The average molecular weight is 413 g/mol. The molecule has 1 fully saturated rings. The van der Waals surface area contributed by atoms with E-state index in [1.165, 1.54) is 0 Å². The summed E-state index contributed by atoms with van der Waals surface area (Å²) < 4.78 is 0. The van der Waals surface area contributed by atoms with E-state index < -0.39 is 6.04 Å². The van der Waals surface area contributed by atoms with Crippen LogP contribution in [0.15, 0.2) is 35.0 Å². The van der Waals surface area contributed by atoms with Crippen LogP contribution in [0.2, 0.25) is 0 Å². The smallest absolute Gasteiger partial charge is 0.256 e. The van der Waals surface area contributed by atoms with Crippen LogP contribution in [0.1, 0.15) is 36.0 Å². The number of carbonyl (C=O) groups excluding carboxylic acids is 3. The van der Waals surface area contributed by atoms with E-state index in [9.17, 15) is 14.4 Å². The molecule has 3 amide bonds. The van der Waals surface area contributed by atoms with Crippen LogP contribution in [0.25, 0.3) is 11.1 Å². The van der Waals surface area contributed by atoms with Crippen molar-refractivity contribution < 1.29 is 14.4 Å². The van der Waals surface area contributed by atoms with Gasteiger partial charge in [-0.2, -0.15) is 11.3 Å². The first kappa shape index (κ1) is 19.6. The molecule has 0 spiro atoms. The van der Waals surface area contributed by atoms with Crippen LogP contribution in [-0.4, -0.2) is 47.8 Å². The third kappa shape index (κ3) is 4.04. The zero-order valence-corrected chi connectivity index (χ0v) is 16.8. The molecule has 4 N–H and O–H groups in total. The minimum absolute atomic E-state index is 0.0575. The maximum atomic E-state index is 13.2. The number of nitrogens with two attached hydrogens (primary N) is 1. The first-order valence-corrected chi connectivity index (χ1v) is 10.8. The lowest BCUT2D eigenvalue weighted by Crippen LogP contribution is -2.55. The first-order valence-electron chi connectivity index (χ1n) is 9.84. The second-order valence-electron chi connectivity index (χ2n) is 7.46. The monoisotopic (exact) mass is 412 g/mol. The Bertz CT molecular complexity index is 928. The molecule has 2 aromatic rings. The van der Waals surface area contributed by atoms with E-state index in [-0.39, 0.29) is 23.8 Å². The summed E-state index contributed by atoms with van der Waals surface area (Å²) in [5, 5.41) is 9.91. The van der Waals surface area contributed by atoms with E-state index in [2.05, 4.69) is 10.6 Å². The number of rotatable bonds is 5. The molecule has 152 valence electrons. The van der Waals surface area contributed by atoms with Crippen LogP contribution in [0.5, 0.6) is 0 Å². The lowest BCUT2D eigenvalue weighted by Gasteiger charge is -2.37. The number of nitrogens with zero attached hydrogens (tertiary/aromatic N) is 1. The summed E-state index contributed by atoms with van der Waals surface area (Å²) in [5.41, 5.74) is 8.51. The molecule has 29 heavy (non-hydrogen) atoms. The van der Waals surface area contributed by atoms with Crippen LogP contribution in [-0.2, 0) is 9.59 Å². The summed E-state index contributed by atoms with van der Waals surface area (Å²) in [6, 6.07) is 6.86. The first-order chi connectivity index (χ1) is 14.1. The van der Waals surface area contributed by atoms with E-state index in [1.807, 2.05) is 29.0 Å². The second kappa shape index (κ2) is 8.34. The van der Waals surface area contributed by atoms with E-state index >= 15 is 0 Å². The minimum atomic E-state index is -0.590. The zero-order chi connectivity index (χ0) is 20.4. The van der Waals surface area contributed by atoms with E-state index in [4.69, 9.17) is 5.73 Å². The van der Waals surface area contributed by atoms with Gasteiger partial charge in [0.1, 0.15) is 6.04 Å². The number of nitrogens with one attached hydrogen (secondary N) is 2. The lowest BCUT2D eigenvalue weighted by atomic mass is 9.95. The summed E-state index contributed by atoms with van der Waals surface area (Å²) in [6.45, 7) is 0.901. The normalized spacial score (nSPS) is 21.1. The maximum Gasteiger partial charge on any atom is 0.256 e. The fourth-order valence-corrected chi connectivity index (χ4v) is 4.62. The molecule has 2 unspecified atom stereocenters. The number of anilines is 1. The number of hydrogen-bond acceptors (Lipinski definition) is 5. The van der Waals surface area contributed by atoms with Crippen LogP contribution >= 0.6 is 11.3 Å². The summed E-state index contributed by atoms with van der Waals surface area (Å²) in [7, 11) is 0. The van der Waals surface area contributed by atoms with E-state index in [0.29, 0.717) is 50.0 Å². The number of hydrogen-bond donors (Lipinski definition) is 3. The molecule has 0 bridgehead atoms.